The van der Waals surface area contributed by atoms with Gasteiger partial charge in [0.05, 0.1) is 12.2 Å². The van der Waals surface area contributed by atoms with Crippen molar-refractivity contribution in [2.75, 3.05) is 6.61 Å². The van der Waals surface area contributed by atoms with E-state index in [1.54, 1.807) is 13.0 Å². The van der Waals surface area contributed by atoms with Gasteiger partial charge in [0.1, 0.15) is 11.5 Å². The molecule has 1 aliphatic rings. The molecule has 0 fully saturated rings. The van der Waals surface area contributed by atoms with E-state index in [0.29, 0.717) is 12.2 Å². The van der Waals surface area contributed by atoms with Crippen LogP contribution in [0.2, 0.25) is 0 Å². The van der Waals surface area contributed by atoms with Gasteiger partial charge in [0.2, 0.25) is 0 Å². The van der Waals surface area contributed by atoms with Gasteiger partial charge in [-0.05, 0) is 43.7 Å². The molecule has 5 heteroatoms. The lowest BCUT2D eigenvalue weighted by molar-refractivity contribution is -0.132. The molecule has 2 aromatic rings. The van der Waals surface area contributed by atoms with Crippen LogP contribution in [-0.2, 0) is 16.0 Å². The molecule has 0 atom stereocenters. The minimum Gasteiger partial charge on any atom is -0.478 e. The summed E-state index contributed by atoms with van der Waals surface area (Å²) in [6.45, 7) is 6.79. The molecule has 0 bridgehead atoms. The third-order valence-corrected chi connectivity index (χ3v) is 3.51. The number of carboxylic acids is 1. The van der Waals surface area contributed by atoms with Crippen LogP contribution >= 0.6 is 0 Å². The van der Waals surface area contributed by atoms with Gasteiger partial charge < -0.3 is 14.6 Å². The zero-order valence-electron chi connectivity index (χ0n) is 14.2. The lowest BCUT2D eigenvalue weighted by Gasteiger charge is -2.20. The minimum atomic E-state index is -0.935. The molecule has 0 radical (unpaired) electrons. The number of fused-ring (bicyclic) bond motifs is 2. The van der Waals surface area contributed by atoms with Gasteiger partial charge in [-0.25, -0.2) is 9.59 Å². The van der Waals surface area contributed by atoms with Gasteiger partial charge in [-0.2, -0.15) is 0 Å². The average molecular weight is 340 g/mol. The van der Waals surface area contributed by atoms with Gasteiger partial charge in [-0.1, -0.05) is 24.8 Å². The Morgan fingerprint density at radius 1 is 1.16 bits per heavy atom. The second-order valence-corrected chi connectivity index (χ2v) is 5.52. The largest absolute Gasteiger partial charge is 0.478 e. The van der Waals surface area contributed by atoms with E-state index < -0.39 is 5.97 Å². The van der Waals surface area contributed by atoms with Crippen molar-refractivity contribution >= 4 is 11.9 Å². The van der Waals surface area contributed by atoms with E-state index in [4.69, 9.17) is 14.6 Å². The number of carboxylic acid groups (broad SMARTS) is 1. The summed E-state index contributed by atoms with van der Waals surface area (Å²) in [5, 5.41) is 7.89. The fourth-order valence-electron chi connectivity index (χ4n) is 2.23. The molecule has 25 heavy (non-hydrogen) atoms. The van der Waals surface area contributed by atoms with E-state index in [1.165, 1.54) is 6.92 Å². The highest BCUT2D eigenvalue weighted by molar-refractivity contribution is 5.90. The number of carbonyl (C=O) groups is 2. The normalized spacial score (nSPS) is 11.0. The quantitative estimate of drug-likeness (QED) is 0.571. The smallest absolute Gasteiger partial charge is 0.338 e. The van der Waals surface area contributed by atoms with Crippen LogP contribution in [0.4, 0.5) is 0 Å². The van der Waals surface area contributed by atoms with E-state index in [1.807, 2.05) is 36.4 Å². The van der Waals surface area contributed by atoms with Crippen molar-refractivity contribution in [3.8, 4) is 11.5 Å². The van der Waals surface area contributed by atoms with Crippen LogP contribution in [-0.4, -0.2) is 23.7 Å². The summed E-state index contributed by atoms with van der Waals surface area (Å²) >= 11 is 0. The van der Waals surface area contributed by atoms with Gasteiger partial charge in [-0.15, -0.1) is 0 Å². The summed E-state index contributed by atoms with van der Waals surface area (Å²) < 4.78 is 10.8. The number of rotatable bonds is 3. The highest BCUT2D eigenvalue weighted by atomic mass is 16.5. The standard InChI is InChI=1S/C16H14O3.C4H6O2/c1-2-18-16(17)12-7-8-15-13(10-12)9-11-5-3-4-6-14(11)19-15;1-3(2)4(5)6/h3-8,10H,2,9H2,1H3;1H2,2H3,(H,5,6). The first-order chi connectivity index (χ1) is 11.9. The Balaban J connectivity index is 0.000000326. The summed E-state index contributed by atoms with van der Waals surface area (Å²) in [7, 11) is 0. The molecule has 2 aromatic carbocycles. The Bertz CT molecular complexity index is 795. The maximum absolute atomic E-state index is 11.7. The molecule has 0 saturated carbocycles. The van der Waals surface area contributed by atoms with Gasteiger partial charge in [0.15, 0.2) is 0 Å². The molecule has 1 N–H and O–H groups in total. The average Bonchev–Trinajstić information content (AvgIpc) is 2.60. The minimum absolute atomic E-state index is 0.176. The van der Waals surface area contributed by atoms with E-state index in [2.05, 4.69) is 6.58 Å². The van der Waals surface area contributed by atoms with Crippen LogP contribution in [0, 0.1) is 0 Å². The number of hydrogen-bond acceptors (Lipinski definition) is 4. The van der Waals surface area contributed by atoms with Crippen molar-refractivity contribution in [2.24, 2.45) is 0 Å². The SMILES string of the molecule is C=C(C)C(=O)O.CCOC(=O)c1ccc2c(c1)Cc1ccccc1O2. The number of para-hydroxylation sites is 1. The van der Waals surface area contributed by atoms with Crippen molar-refractivity contribution in [1.82, 2.24) is 0 Å². The number of carbonyl (C=O) groups excluding carboxylic acids is 1. The molecule has 130 valence electrons. The Morgan fingerprint density at radius 3 is 2.44 bits per heavy atom. The predicted molar refractivity (Wildman–Crippen MR) is 94.2 cm³/mol. The topological polar surface area (TPSA) is 72.8 Å². The van der Waals surface area contributed by atoms with E-state index in [-0.39, 0.29) is 11.5 Å². The van der Waals surface area contributed by atoms with Crippen molar-refractivity contribution < 1.29 is 24.2 Å². The number of esters is 1. The molecule has 0 aliphatic carbocycles. The number of aliphatic carboxylic acids is 1. The Hall–Kier alpha value is -3.08. The second-order valence-electron chi connectivity index (χ2n) is 5.52. The molecule has 1 aliphatic heterocycles. The zero-order chi connectivity index (χ0) is 18.4. The second kappa shape index (κ2) is 8.15. The Morgan fingerprint density at radius 2 is 1.80 bits per heavy atom. The van der Waals surface area contributed by atoms with Crippen molar-refractivity contribution in [3.63, 3.8) is 0 Å². The molecule has 0 saturated heterocycles. The molecule has 0 amide bonds. The third kappa shape index (κ3) is 4.70. The summed E-state index contributed by atoms with van der Waals surface area (Å²) in [4.78, 5) is 21.3. The first kappa shape index (κ1) is 18.3. The molecular formula is C20H20O5. The maximum Gasteiger partial charge on any atom is 0.338 e. The monoisotopic (exact) mass is 340 g/mol. The van der Waals surface area contributed by atoms with Crippen LogP contribution in [0.15, 0.2) is 54.6 Å². The Labute approximate surface area is 146 Å². The number of benzene rings is 2. The predicted octanol–water partition coefficient (Wildman–Crippen LogP) is 4.21. The van der Waals surface area contributed by atoms with Crippen molar-refractivity contribution in [1.29, 1.82) is 0 Å². The number of hydrogen-bond donors (Lipinski definition) is 1. The molecular weight excluding hydrogens is 320 g/mol. The van der Waals surface area contributed by atoms with Gasteiger partial charge in [0, 0.05) is 17.6 Å². The molecule has 1 heterocycles. The maximum atomic E-state index is 11.7. The fraction of sp³-hybridized carbons (Fsp3) is 0.200. The van der Waals surface area contributed by atoms with Gasteiger partial charge in [-0.3, -0.25) is 0 Å². The Kier molecular flexibility index (Phi) is 5.95. The third-order valence-electron chi connectivity index (χ3n) is 3.51. The first-order valence-electron chi connectivity index (χ1n) is 7.87. The van der Waals surface area contributed by atoms with E-state index in [0.717, 1.165) is 29.0 Å². The molecule has 0 unspecified atom stereocenters. The fourth-order valence-corrected chi connectivity index (χ4v) is 2.23. The van der Waals surface area contributed by atoms with Crippen LogP contribution in [0.25, 0.3) is 0 Å². The van der Waals surface area contributed by atoms with Gasteiger partial charge >= 0.3 is 11.9 Å². The van der Waals surface area contributed by atoms with Gasteiger partial charge in [0.25, 0.3) is 0 Å². The highest BCUT2D eigenvalue weighted by Gasteiger charge is 2.18. The molecule has 3 rings (SSSR count). The summed E-state index contributed by atoms with van der Waals surface area (Å²) in [6, 6.07) is 13.4. The van der Waals surface area contributed by atoms with Crippen LogP contribution in [0.5, 0.6) is 11.5 Å². The van der Waals surface area contributed by atoms with Crippen molar-refractivity contribution in [2.45, 2.75) is 20.3 Å². The van der Waals surface area contributed by atoms with E-state index in [9.17, 15) is 9.59 Å². The van der Waals surface area contributed by atoms with Crippen LogP contribution in [0.1, 0.15) is 35.3 Å². The summed E-state index contributed by atoms with van der Waals surface area (Å²) in [5.74, 6) is 0.477. The molecule has 0 spiro atoms. The lowest BCUT2D eigenvalue weighted by atomic mass is 9.98. The lowest BCUT2D eigenvalue weighted by Crippen LogP contribution is -2.08. The van der Waals surface area contributed by atoms with Crippen LogP contribution < -0.4 is 4.74 Å². The molecule has 0 aromatic heterocycles. The first-order valence-corrected chi connectivity index (χ1v) is 7.87. The number of ether oxygens (including phenoxy) is 2. The zero-order valence-corrected chi connectivity index (χ0v) is 14.2. The van der Waals surface area contributed by atoms with Crippen molar-refractivity contribution in [3.05, 3.63) is 71.3 Å². The highest BCUT2D eigenvalue weighted by Crippen LogP contribution is 2.36. The summed E-state index contributed by atoms with van der Waals surface area (Å²) in [6.07, 6.45) is 0.777. The van der Waals surface area contributed by atoms with E-state index >= 15 is 0 Å². The summed E-state index contributed by atoms with van der Waals surface area (Å²) in [5.41, 5.74) is 2.90. The van der Waals surface area contributed by atoms with Crippen LogP contribution in [0.3, 0.4) is 0 Å². The molecule has 5 nitrogen and oxygen atoms in total.